The summed E-state index contributed by atoms with van der Waals surface area (Å²) in [4.78, 5) is 13.9. The second-order valence-corrected chi connectivity index (χ2v) is 6.11. The molecule has 6 nitrogen and oxygen atoms in total. The molecule has 1 N–H and O–H groups in total. The average Bonchev–Trinajstić information content (AvgIpc) is 2.81. The lowest BCUT2D eigenvalue weighted by molar-refractivity contribution is 0.0154. The summed E-state index contributed by atoms with van der Waals surface area (Å²) in [7, 11) is 0. The lowest BCUT2D eigenvalue weighted by atomic mass is 9.97. The number of nitrogens with zero attached hydrogens (tertiary/aromatic N) is 3. The fourth-order valence-electron chi connectivity index (χ4n) is 2.15. The normalized spacial score (nSPS) is 24.6. The molecule has 2 rings (SSSR count). The molecule has 2 heterocycles. The van der Waals surface area contributed by atoms with Gasteiger partial charge in [-0.05, 0) is 19.8 Å². The van der Waals surface area contributed by atoms with Gasteiger partial charge in [0.1, 0.15) is 0 Å². The Kier molecular flexibility index (Phi) is 3.62. The maximum absolute atomic E-state index is 12.3. The summed E-state index contributed by atoms with van der Waals surface area (Å²) >= 11 is 0. The summed E-state index contributed by atoms with van der Waals surface area (Å²) in [5, 5.41) is 17.6. The molecule has 1 amide bonds. The van der Waals surface area contributed by atoms with Gasteiger partial charge in [0, 0.05) is 12.0 Å². The van der Waals surface area contributed by atoms with Crippen LogP contribution in [0, 0.1) is 0 Å². The zero-order chi connectivity index (χ0) is 14.2. The Balaban J connectivity index is 2.17. The highest BCUT2D eigenvalue weighted by Crippen LogP contribution is 2.23. The van der Waals surface area contributed by atoms with Gasteiger partial charge >= 0.3 is 11.8 Å². The molecule has 0 unspecified atom stereocenters. The van der Waals surface area contributed by atoms with Crippen molar-refractivity contribution in [2.75, 3.05) is 6.54 Å². The lowest BCUT2D eigenvalue weighted by Crippen LogP contribution is -2.49. The number of rotatable bonds is 1. The molecular formula is C13H21N3O3. The fraction of sp³-hybridized carbons (Fsp3) is 0.769. The van der Waals surface area contributed by atoms with Crippen molar-refractivity contribution >= 4 is 5.91 Å². The number of aliphatic hydroxyl groups is 1. The second-order valence-electron chi connectivity index (χ2n) is 6.11. The minimum atomic E-state index is -0.484. The van der Waals surface area contributed by atoms with E-state index in [9.17, 15) is 9.90 Å². The number of aliphatic hydroxyl groups excluding tert-OH is 1. The Labute approximate surface area is 112 Å². The molecule has 1 aliphatic heterocycles. The summed E-state index contributed by atoms with van der Waals surface area (Å²) in [6.07, 6.45) is 1.03. The lowest BCUT2D eigenvalue weighted by Gasteiger charge is -2.35. The van der Waals surface area contributed by atoms with Gasteiger partial charge in [-0.25, -0.2) is 0 Å². The van der Waals surface area contributed by atoms with Gasteiger partial charge in [0.25, 0.3) is 0 Å². The molecule has 0 saturated carbocycles. The molecule has 1 aromatic rings. The molecule has 0 aromatic carbocycles. The number of amides is 1. The number of carbonyl (C=O) groups excluding carboxylic acids is 1. The van der Waals surface area contributed by atoms with Crippen molar-refractivity contribution in [3.8, 4) is 0 Å². The summed E-state index contributed by atoms with van der Waals surface area (Å²) in [6.45, 7) is 8.29. The molecule has 0 spiro atoms. The topological polar surface area (TPSA) is 79.5 Å². The van der Waals surface area contributed by atoms with Crippen molar-refractivity contribution in [3.05, 3.63) is 11.8 Å². The van der Waals surface area contributed by atoms with E-state index < -0.39 is 6.10 Å². The molecular weight excluding hydrogens is 246 g/mol. The van der Waals surface area contributed by atoms with Gasteiger partial charge in [0.05, 0.1) is 12.1 Å². The Bertz CT molecular complexity index is 464. The van der Waals surface area contributed by atoms with E-state index in [1.807, 2.05) is 27.7 Å². The van der Waals surface area contributed by atoms with Gasteiger partial charge in [-0.1, -0.05) is 20.8 Å². The molecule has 6 heteroatoms. The van der Waals surface area contributed by atoms with E-state index in [4.69, 9.17) is 4.42 Å². The van der Waals surface area contributed by atoms with E-state index >= 15 is 0 Å². The monoisotopic (exact) mass is 267 g/mol. The molecule has 1 aliphatic rings. The van der Waals surface area contributed by atoms with E-state index in [1.54, 1.807) is 4.90 Å². The average molecular weight is 267 g/mol. The number of hydrogen-bond acceptors (Lipinski definition) is 5. The van der Waals surface area contributed by atoms with Crippen LogP contribution in [-0.4, -0.2) is 44.8 Å². The third-order valence-electron chi connectivity index (χ3n) is 3.46. The molecule has 19 heavy (non-hydrogen) atoms. The van der Waals surface area contributed by atoms with Crippen molar-refractivity contribution in [1.29, 1.82) is 0 Å². The predicted molar refractivity (Wildman–Crippen MR) is 68.7 cm³/mol. The van der Waals surface area contributed by atoms with Crippen LogP contribution in [-0.2, 0) is 5.41 Å². The van der Waals surface area contributed by atoms with E-state index in [1.165, 1.54) is 0 Å². The SMILES string of the molecule is C[C@@H]1[C@H](O)CCCN1C(=O)c1nnc(C(C)(C)C)o1. The first-order valence-electron chi connectivity index (χ1n) is 6.63. The maximum atomic E-state index is 12.3. The van der Waals surface area contributed by atoms with Crippen LogP contribution in [0.2, 0.25) is 0 Å². The van der Waals surface area contributed by atoms with Crippen LogP contribution < -0.4 is 0 Å². The highest BCUT2D eigenvalue weighted by atomic mass is 16.4. The molecule has 0 radical (unpaired) electrons. The fourth-order valence-corrected chi connectivity index (χ4v) is 2.15. The van der Waals surface area contributed by atoms with Gasteiger partial charge in [0.2, 0.25) is 5.89 Å². The standard InChI is InChI=1S/C13H21N3O3/c1-8-9(17)6-5-7-16(8)11(18)10-14-15-12(19-10)13(2,3)4/h8-9,17H,5-7H2,1-4H3/t8-,9-/m1/s1. The summed E-state index contributed by atoms with van der Waals surface area (Å²) in [6, 6.07) is -0.216. The zero-order valence-corrected chi connectivity index (χ0v) is 11.9. The van der Waals surface area contributed by atoms with E-state index in [-0.39, 0.29) is 23.3 Å². The highest BCUT2D eigenvalue weighted by molar-refractivity contribution is 5.89. The van der Waals surface area contributed by atoms with Crippen LogP contribution >= 0.6 is 0 Å². The minimum Gasteiger partial charge on any atom is -0.416 e. The molecule has 1 saturated heterocycles. The first kappa shape index (κ1) is 14.0. The molecule has 106 valence electrons. The third kappa shape index (κ3) is 2.78. The van der Waals surface area contributed by atoms with Crippen LogP contribution in [0.25, 0.3) is 0 Å². The highest BCUT2D eigenvalue weighted by Gasteiger charge is 2.33. The van der Waals surface area contributed by atoms with Gasteiger partial charge in [-0.15, -0.1) is 10.2 Å². The zero-order valence-electron chi connectivity index (χ0n) is 11.9. The van der Waals surface area contributed by atoms with Gasteiger partial charge in [0.15, 0.2) is 0 Å². The quantitative estimate of drug-likeness (QED) is 0.831. The molecule has 0 aliphatic carbocycles. The third-order valence-corrected chi connectivity index (χ3v) is 3.46. The van der Waals surface area contributed by atoms with E-state index in [2.05, 4.69) is 10.2 Å². The molecule has 1 fully saturated rings. The Morgan fingerprint density at radius 1 is 1.42 bits per heavy atom. The molecule has 0 bridgehead atoms. The Hall–Kier alpha value is -1.43. The van der Waals surface area contributed by atoms with Gasteiger partial charge < -0.3 is 14.4 Å². The van der Waals surface area contributed by atoms with Gasteiger partial charge in [-0.3, -0.25) is 4.79 Å². The number of piperidine rings is 1. The molecule has 1 aromatic heterocycles. The number of hydrogen-bond donors (Lipinski definition) is 1. The van der Waals surface area contributed by atoms with E-state index in [0.29, 0.717) is 12.4 Å². The van der Waals surface area contributed by atoms with Crippen molar-refractivity contribution in [2.24, 2.45) is 0 Å². The van der Waals surface area contributed by atoms with Crippen LogP contribution in [0.1, 0.15) is 57.1 Å². The summed E-state index contributed by atoms with van der Waals surface area (Å²) in [5.41, 5.74) is -0.279. The largest absolute Gasteiger partial charge is 0.416 e. The minimum absolute atomic E-state index is 0.00544. The first-order chi connectivity index (χ1) is 8.80. The van der Waals surface area contributed by atoms with E-state index in [0.717, 1.165) is 12.8 Å². The Morgan fingerprint density at radius 2 is 2.11 bits per heavy atom. The van der Waals surface area contributed by atoms with Crippen LogP contribution in [0.4, 0.5) is 0 Å². The van der Waals surface area contributed by atoms with Crippen LogP contribution in [0.3, 0.4) is 0 Å². The van der Waals surface area contributed by atoms with Crippen molar-refractivity contribution in [2.45, 2.75) is 58.1 Å². The van der Waals surface area contributed by atoms with Crippen molar-refractivity contribution in [1.82, 2.24) is 15.1 Å². The smallest absolute Gasteiger partial charge is 0.311 e. The van der Waals surface area contributed by atoms with Crippen LogP contribution in [0.15, 0.2) is 4.42 Å². The Morgan fingerprint density at radius 3 is 2.68 bits per heavy atom. The van der Waals surface area contributed by atoms with Crippen LogP contribution in [0.5, 0.6) is 0 Å². The first-order valence-corrected chi connectivity index (χ1v) is 6.63. The number of aromatic nitrogens is 2. The molecule has 2 atom stereocenters. The number of likely N-dealkylation sites (tertiary alicyclic amines) is 1. The van der Waals surface area contributed by atoms with Crippen molar-refractivity contribution in [3.63, 3.8) is 0 Å². The maximum Gasteiger partial charge on any atom is 0.311 e. The van der Waals surface area contributed by atoms with Crippen molar-refractivity contribution < 1.29 is 14.3 Å². The second kappa shape index (κ2) is 4.92. The summed E-state index contributed by atoms with van der Waals surface area (Å²) < 4.78 is 5.45. The summed E-state index contributed by atoms with van der Waals surface area (Å²) in [5.74, 6) is 0.154. The number of carbonyl (C=O) groups is 1. The van der Waals surface area contributed by atoms with Gasteiger partial charge in [-0.2, -0.15) is 0 Å². The predicted octanol–water partition coefficient (Wildman–Crippen LogP) is 1.35.